The van der Waals surface area contributed by atoms with Crippen molar-refractivity contribution in [2.24, 2.45) is 0 Å². The summed E-state index contributed by atoms with van der Waals surface area (Å²) in [7, 11) is 1.54. The van der Waals surface area contributed by atoms with Gasteiger partial charge in [0.05, 0.1) is 6.61 Å². The minimum absolute atomic E-state index is 0.0476. The average Bonchev–Trinajstić information content (AvgIpc) is 2.45. The Morgan fingerprint density at radius 2 is 2.00 bits per heavy atom. The third-order valence-electron chi connectivity index (χ3n) is 3.03. The monoisotopic (exact) mass is 280 g/mol. The van der Waals surface area contributed by atoms with Crippen molar-refractivity contribution in [2.75, 3.05) is 46.4 Å². The molecule has 0 bridgehead atoms. The largest absolute Gasteiger partial charge is 0.383 e. The molecule has 0 aromatic rings. The maximum atomic E-state index is 11.7. The van der Waals surface area contributed by atoms with E-state index < -0.39 is 5.91 Å². The Morgan fingerprint density at radius 1 is 1.35 bits per heavy atom. The van der Waals surface area contributed by atoms with Crippen LogP contribution in [-0.2, 0) is 14.3 Å². The number of piperazine rings is 1. The molecule has 0 aromatic carbocycles. The Hall–Kier alpha value is -2.07. The van der Waals surface area contributed by atoms with E-state index in [0.717, 1.165) is 0 Å². The molecule has 0 saturated carbocycles. The Morgan fingerprint density at radius 3 is 2.50 bits per heavy atom. The number of nitrogens with zero attached hydrogens (tertiary/aromatic N) is 3. The predicted octanol–water partition coefficient (Wildman–Crippen LogP) is -0.679. The van der Waals surface area contributed by atoms with Crippen molar-refractivity contribution < 1.29 is 14.3 Å². The van der Waals surface area contributed by atoms with E-state index in [2.05, 4.69) is 5.32 Å². The van der Waals surface area contributed by atoms with Crippen LogP contribution in [0.15, 0.2) is 11.8 Å². The number of nitriles is 1. The minimum atomic E-state index is -0.404. The van der Waals surface area contributed by atoms with Gasteiger partial charge >= 0.3 is 0 Å². The van der Waals surface area contributed by atoms with E-state index in [1.165, 1.54) is 6.92 Å². The van der Waals surface area contributed by atoms with Gasteiger partial charge in [-0.2, -0.15) is 5.26 Å². The number of rotatable bonds is 5. The molecule has 0 radical (unpaired) electrons. The molecular weight excluding hydrogens is 260 g/mol. The first-order valence-corrected chi connectivity index (χ1v) is 6.47. The average molecular weight is 280 g/mol. The summed E-state index contributed by atoms with van der Waals surface area (Å²) in [6, 6.07) is 1.90. The van der Waals surface area contributed by atoms with Crippen LogP contribution in [0, 0.1) is 11.3 Å². The number of methoxy groups -OCH3 is 1. The first kappa shape index (κ1) is 16.0. The van der Waals surface area contributed by atoms with Crippen LogP contribution in [-0.4, -0.2) is 68.1 Å². The van der Waals surface area contributed by atoms with Gasteiger partial charge in [0, 0.05) is 53.0 Å². The van der Waals surface area contributed by atoms with Gasteiger partial charge in [-0.15, -0.1) is 0 Å². The molecule has 0 atom stereocenters. The number of carbonyl (C=O) groups excluding carboxylic acids is 2. The van der Waals surface area contributed by atoms with Gasteiger partial charge < -0.3 is 19.9 Å². The zero-order valence-corrected chi connectivity index (χ0v) is 11.9. The van der Waals surface area contributed by atoms with Crippen LogP contribution in [0.4, 0.5) is 0 Å². The second kappa shape index (κ2) is 8.17. The number of nitrogens with one attached hydrogen (secondary N) is 1. The van der Waals surface area contributed by atoms with Crippen LogP contribution in [0.3, 0.4) is 0 Å². The summed E-state index contributed by atoms with van der Waals surface area (Å²) in [6.07, 6.45) is 1.56. The summed E-state index contributed by atoms with van der Waals surface area (Å²) in [5.74, 6) is -0.356. The fourth-order valence-electron chi connectivity index (χ4n) is 1.85. The molecule has 1 saturated heterocycles. The summed E-state index contributed by atoms with van der Waals surface area (Å²) in [5, 5.41) is 11.6. The Labute approximate surface area is 118 Å². The molecule has 1 heterocycles. The number of amides is 2. The fourth-order valence-corrected chi connectivity index (χ4v) is 1.85. The zero-order chi connectivity index (χ0) is 15.0. The van der Waals surface area contributed by atoms with Gasteiger partial charge in [-0.3, -0.25) is 9.59 Å². The number of hydrogen-bond donors (Lipinski definition) is 1. The third-order valence-corrected chi connectivity index (χ3v) is 3.03. The van der Waals surface area contributed by atoms with Crippen LogP contribution < -0.4 is 5.32 Å². The van der Waals surface area contributed by atoms with E-state index >= 15 is 0 Å². The van der Waals surface area contributed by atoms with Gasteiger partial charge in [-0.1, -0.05) is 0 Å². The lowest BCUT2D eigenvalue weighted by Crippen LogP contribution is -2.46. The lowest BCUT2D eigenvalue weighted by Gasteiger charge is -2.33. The molecule has 2 amide bonds. The number of hydrogen-bond acceptors (Lipinski definition) is 5. The van der Waals surface area contributed by atoms with Crippen molar-refractivity contribution >= 4 is 11.8 Å². The van der Waals surface area contributed by atoms with E-state index in [9.17, 15) is 9.59 Å². The van der Waals surface area contributed by atoms with Crippen LogP contribution >= 0.6 is 0 Å². The van der Waals surface area contributed by atoms with E-state index in [4.69, 9.17) is 10.00 Å². The predicted molar refractivity (Wildman–Crippen MR) is 72.4 cm³/mol. The SMILES string of the molecule is COCCNC(=O)/C(C#N)=C\N1CCN(C(C)=O)CC1. The van der Waals surface area contributed by atoms with Crippen molar-refractivity contribution in [3.8, 4) is 6.07 Å². The van der Waals surface area contributed by atoms with Crippen molar-refractivity contribution in [3.05, 3.63) is 11.8 Å². The highest BCUT2D eigenvalue weighted by Crippen LogP contribution is 2.05. The Bertz CT molecular complexity index is 420. The first-order chi connectivity index (χ1) is 9.58. The molecule has 20 heavy (non-hydrogen) atoms. The van der Waals surface area contributed by atoms with Gasteiger partial charge in [0.1, 0.15) is 11.6 Å². The number of carbonyl (C=O) groups is 2. The Balaban J connectivity index is 2.52. The Kier molecular flexibility index (Phi) is 6.53. The molecule has 0 spiro atoms. The summed E-state index contributed by atoms with van der Waals surface area (Å²) in [6.45, 7) is 4.77. The second-order valence-electron chi connectivity index (χ2n) is 4.45. The maximum absolute atomic E-state index is 11.7. The fraction of sp³-hybridized carbons (Fsp3) is 0.615. The summed E-state index contributed by atoms with van der Waals surface area (Å²) in [4.78, 5) is 26.6. The van der Waals surface area contributed by atoms with Crippen LogP contribution in [0.1, 0.15) is 6.92 Å². The van der Waals surface area contributed by atoms with E-state index in [0.29, 0.717) is 39.3 Å². The van der Waals surface area contributed by atoms with E-state index in [-0.39, 0.29) is 11.5 Å². The minimum Gasteiger partial charge on any atom is -0.383 e. The molecule has 1 rings (SSSR count). The third kappa shape index (κ3) is 4.90. The number of ether oxygens (including phenoxy) is 1. The molecule has 0 aromatic heterocycles. The van der Waals surface area contributed by atoms with Gasteiger partial charge in [0.15, 0.2) is 0 Å². The van der Waals surface area contributed by atoms with Crippen molar-refractivity contribution in [1.29, 1.82) is 5.26 Å². The molecule has 1 aliphatic rings. The molecule has 110 valence electrons. The molecule has 7 nitrogen and oxygen atoms in total. The zero-order valence-electron chi connectivity index (χ0n) is 11.9. The molecule has 1 aliphatic heterocycles. The highest BCUT2D eigenvalue weighted by atomic mass is 16.5. The first-order valence-electron chi connectivity index (χ1n) is 6.47. The van der Waals surface area contributed by atoms with Crippen LogP contribution in [0.25, 0.3) is 0 Å². The highest BCUT2D eigenvalue weighted by Gasteiger charge is 2.18. The van der Waals surface area contributed by atoms with E-state index in [1.54, 1.807) is 18.2 Å². The lowest BCUT2D eigenvalue weighted by molar-refractivity contribution is -0.130. The highest BCUT2D eigenvalue weighted by molar-refractivity contribution is 5.97. The van der Waals surface area contributed by atoms with Gasteiger partial charge in [-0.05, 0) is 0 Å². The molecule has 0 unspecified atom stereocenters. The van der Waals surface area contributed by atoms with Crippen molar-refractivity contribution in [3.63, 3.8) is 0 Å². The molecule has 7 heteroatoms. The summed E-state index contributed by atoms with van der Waals surface area (Å²) >= 11 is 0. The molecule has 0 aliphatic carbocycles. The summed E-state index contributed by atoms with van der Waals surface area (Å²) < 4.78 is 4.82. The second-order valence-corrected chi connectivity index (χ2v) is 4.45. The van der Waals surface area contributed by atoms with Gasteiger partial charge in [-0.25, -0.2) is 0 Å². The molecular formula is C13H20N4O3. The standard InChI is InChI=1S/C13H20N4O3/c1-11(18)17-6-4-16(5-7-17)10-12(9-14)13(19)15-3-8-20-2/h10H,3-8H2,1-2H3,(H,15,19)/b12-10-. The maximum Gasteiger partial charge on any atom is 0.263 e. The lowest BCUT2D eigenvalue weighted by atomic mass is 10.2. The smallest absolute Gasteiger partial charge is 0.263 e. The van der Waals surface area contributed by atoms with Crippen LogP contribution in [0.5, 0.6) is 0 Å². The molecule has 1 fully saturated rings. The van der Waals surface area contributed by atoms with E-state index in [1.807, 2.05) is 11.0 Å². The summed E-state index contributed by atoms with van der Waals surface area (Å²) in [5.41, 5.74) is 0.0670. The van der Waals surface area contributed by atoms with Crippen LogP contribution in [0.2, 0.25) is 0 Å². The molecule has 1 N–H and O–H groups in total. The quantitative estimate of drug-likeness (QED) is 0.410. The van der Waals surface area contributed by atoms with Gasteiger partial charge in [0.2, 0.25) is 5.91 Å². The normalized spacial score (nSPS) is 15.8. The van der Waals surface area contributed by atoms with Crippen molar-refractivity contribution in [2.45, 2.75) is 6.92 Å². The van der Waals surface area contributed by atoms with Crippen molar-refractivity contribution in [1.82, 2.24) is 15.1 Å². The van der Waals surface area contributed by atoms with Gasteiger partial charge in [0.25, 0.3) is 5.91 Å². The topological polar surface area (TPSA) is 85.7 Å².